The van der Waals surface area contributed by atoms with Gasteiger partial charge in [-0.2, -0.15) is 0 Å². The molecule has 1 N–H and O–H groups in total. The van der Waals surface area contributed by atoms with Gasteiger partial charge in [0.15, 0.2) is 9.84 Å². The van der Waals surface area contributed by atoms with Gasteiger partial charge in [-0.25, -0.2) is 8.42 Å². The number of anilines is 1. The molecule has 1 saturated heterocycles. The van der Waals surface area contributed by atoms with Gasteiger partial charge in [0.05, 0.1) is 16.3 Å². The van der Waals surface area contributed by atoms with Crippen LogP contribution in [0.2, 0.25) is 0 Å². The zero-order valence-corrected chi connectivity index (χ0v) is 12.4. The second kappa shape index (κ2) is 5.92. The van der Waals surface area contributed by atoms with Crippen LogP contribution in [0, 0.1) is 0 Å². The van der Waals surface area contributed by atoms with E-state index in [9.17, 15) is 8.42 Å². The summed E-state index contributed by atoms with van der Waals surface area (Å²) >= 11 is 0. The lowest BCUT2D eigenvalue weighted by atomic mass is 10.2. The molecule has 1 unspecified atom stereocenters. The highest BCUT2D eigenvalue weighted by atomic mass is 32.2. The van der Waals surface area contributed by atoms with Crippen molar-refractivity contribution in [2.75, 3.05) is 31.2 Å². The van der Waals surface area contributed by atoms with Crippen LogP contribution < -0.4 is 5.32 Å². The Hall–Kier alpha value is -1.07. The van der Waals surface area contributed by atoms with E-state index < -0.39 is 9.84 Å². The first-order valence-electron chi connectivity index (χ1n) is 6.80. The van der Waals surface area contributed by atoms with Gasteiger partial charge in [0.1, 0.15) is 0 Å². The van der Waals surface area contributed by atoms with Crippen LogP contribution in [0.25, 0.3) is 0 Å². The van der Waals surface area contributed by atoms with E-state index in [1.807, 2.05) is 12.1 Å². The molecule has 2 rings (SSSR count). The lowest BCUT2D eigenvalue weighted by Gasteiger charge is -2.21. The number of hydrogen-bond donors (Lipinski definition) is 1. The zero-order valence-electron chi connectivity index (χ0n) is 11.6. The maximum Gasteiger partial charge on any atom is 0.180 e. The molecule has 4 nitrogen and oxygen atoms in total. The summed E-state index contributed by atoms with van der Waals surface area (Å²) in [4.78, 5) is 2.74. The smallest absolute Gasteiger partial charge is 0.180 e. The molecule has 1 aliphatic rings. The van der Waals surface area contributed by atoms with Gasteiger partial charge in [0.25, 0.3) is 0 Å². The van der Waals surface area contributed by atoms with Crippen molar-refractivity contribution in [1.82, 2.24) is 4.90 Å². The molecular formula is C14H22N2O2S. The highest BCUT2D eigenvalue weighted by Gasteiger charge is 2.21. The number of nitrogens with one attached hydrogen (secondary N) is 1. The Labute approximate surface area is 115 Å². The minimum atomic E-state index is -3.16. The summed E-state index contributed by atoms with van der Waals surface area (Å²) in [5.41, 5.74) is 0.727. The molecule has 1 aliphatic heterocycles. The number of benzene rings is 1. The van der Waals surface area contributed by atoms with E-state index in [-0.39, 0.29) is 5.75 Å². The topological polar surface area (TPSA) is 49.4 Å². The van der Waals surface area contributed by atoms with Crippen LogP contribution in [-0.4, -0.2) is 45.2 Å². The largest absolute Gasteiger partial charge is 0.382 e. The maximum absolute atomic E-state index is 12.0. The number of rotatable bonds is 5. The third-order valence-electron chi connectivity index (χ3n) is 3.80. The van der Waals surface area contributed by atoms with Crippen molar-refractivity contribution in [2.45, 2.75) is 30.7 Å². The fourth-order valence-electron chi connectivity index (χ4n) is 2.50. The van der Waals surface area contributed by atoms with Crippen LogP contribution in [0.3, 0.4) is 0 Å². The van der Waals surface area contributed by atoms with Crippen molar-refractivity contribution in [3.8, 4) is 0 Å². The molecule has 19 heavy (non-hydrogen) atoms. The Morgan fingerprint density at radius 2 is 2.11 bits per heavy atom. The van der Waals surface area contributed by atoms with E-state index in [4.69, 9.17) is 0 Å². The third-order valence-corrected chi connectivity index (χ3v) is 5.59. The molecule has 0 spiro atoms. The van der Waals surface area contributed by atoms with E-state index in [0.717, 1.165) is 18.8 Å². The van der Waals surface area contributed by atoms with Crippen molar-refractivity contribution < 1.29 is 8.42 Å². The number of sulfone groups is 1. The van der Waals surface area contributed by atoms with Crippen LogP contribution >= 0.6 is 0 Å². The van der Waals surface area contributed by atoms with Crippen molar-refractivity contribution in [3.05, 3.63) is 24.3 Å². The van der Waals surface area contributed by atoms with Crippen LogP contribution in [0.5, 0.6) is 0 Å². The summed E-state index contributed by atoms with van der Waals surface area (Å²) in [6.07, 6.45) is 2.39. The summed E-state index contributed by atoms with van der Waals surface area (Å²) in [6.45, 7) is 3.60. The molecule has 1 aromatic carbocycles. The molecule has 0 bridgehead atoms. The van der Waals surface area contributed by atoms with Gasteiger partial charge in [-0.05, 0) is 38.6 Å². The first kappa shape index (κ1) is 14.3. The van der Waals surface area contributed by atoms with E-state index in [0.29, 0.717) is 10.9 Å². The van der Waals surface area contributed by atoms with Gasteiger partial charge in [-0.3, -0.25) is 0 Å². The van der Waals surface area contributed by atoms with Gasteiger partial charge < -0.3 is 10.2 Å². The summed E-state index contributed by atoms with van der Waals surface area (Å²) in [5, 5.41) is 3.31. The quantitative estimate of drug-likeness (QED) is 0.897. The van der Waals surface area contributed by atoms with Gasteiger partial charge in [0, 0.05) is 12.6 Å². The number of hydrogen-bond acceptors (Lipinski definition) is 4. The number of likely N-dealkylation sites (tertiary alicyclic amines) is 1. The van der Waals surface area contributed by atoms with Crippen LogP contribution in [0.1, 0.15) is 19.8 Å². The van der Waals surface area contributed by atoms with Crippen molar-refractivity contribution in [3.63, 3.8) is 0 Å². The third kappa shape index (κ3) is 3.28. The Balaban J connectivity index is 2.12. The summed E-state index contributed by atoms with van der Waals surface area (Å²) < 4.78 is 24.1. The number of nitrogens with zero attached hydrogens (tertiary/aromatic N) is 1. The lowest BCUT2D eigenvalue weighted by Crippen LogP contribution is -2.31. The molecule has 106 valence electrons. The summed E-state index contributed by atoms with van der Waals surface area (Å²) in [7, 11) is -1.05. The minimum Gasteiger partial charge on any atom is -0.382 e. The Morgan fingerprint density at radius 3 is 2.74 bits per heavy atom. The average molecular weight is 282 g/mol. The second-order valence-corrected chi connectivity index (χ2v) is 7.30. The molecule has 0 aromatic heterocycles. The fraction of sp³-hybridized carbons (Fsp3) is 0.571. The van der Waals surface area contributed by atoms with Crippen LogP contribution in [0.4, 0.5) is 5.69 Å². The molecule has 0 amide bonds. The highest BCUT2D eigenvalue weighted by Crippen LogP contribution is 2.23. The molecule has 1 aromatic rings. The second-order valence-electron chi connectivity index (χ2n) is 5.06. The van der Waals surface area contributed by atoms with E-state index in [1.165, 1.54) is 12.8 Å². The van der Waals surface area contributed by atoms with Gasteiger partial charge in [-0.1, -0.05) is 19.1 Å². The molecule has 1 atom stereocenters. The van der Waals surface area contributed by atoms with Crippen molar-refractivity contribution in [1.29, 1.82) is 0 Å². The molecule has 0 aliphatic carbocycles. The Kier molecular flexibility index (Phi) is 4.47. The van der Waals surface area contributed by atoms with Gasteiger partial charge >= 0.3 is 0 Å². The van der Waals surface area contributed by atoms with Gasteiger partial charge in [0.2, 0.25) is 0 Å². The number of likely N-dealkylation sites (N-methyl/N-ethyl adjacent to an activating group) is 1. The highest BCUT2D eigenvalue weighted by molar-refractivity contribution is 7.91. The van der Waals surface area contributed by atoms with Gasteiger partial charge in [-0.15, -0.1) is 0 Å². The molecule has 0 saturated carbocycles. The van der Waals surface area contributed by atoms with Crippen molar-refractivity contribution in [2.24, 2.45) is 0 Å². The first-order chi connectivity index (χ1) is 9.04. The summed E-state index contributed by atoms with van der Waals surface area (Å²) in [6, 6.07) is 7.67. The molecule has 0 radical (unpaired) electrons. The fourth-order valence-corrected chi connectivity index (χ4v) is 3.58. The SMILES string of the molecule is CCS(=O)(=O)c1ccccc1NCC1CCCN1C. The monoisotopic (exact) mass is 282 g/mol. The molecule has 5 heteroatoms. The Morgan fingerprint density at radius 1 is 1.37 bits per heavy atom. The predicted molar refractivity (Wildman–Crippen MR) is 78.3 cm³/mol. The summed E-state index contributed by atoms with van der Waals surface area (Å²) in [5.74, 6) is 0.134. The van der Waals surface area contributed by atoms with Crippen molar-refractivity contribution >= 4 is 15.5 Å². The maximum atomic E-state index is 12.0. The zero-order chi connectivity index (χ0) is 13.9. The average Bonchev–Trinajstić information content (AvgIpc) is 2.82. The van der Waals surface area contributed by atoms with Crippen LogP contribution in [-0.2, 0) is 9.84 Å². The van der Waals surface area contributed by atoms with E-state index in [2.05, 4.69) is 17.3 Å². The standard InChI is InChI=1S/C14H22N2O2S/c1-3-19(17,18)14-9-5-4-8-13(14)15-11-12-7-6-10-16(12)2/h4-5,8-9,12,15H,3,6-7,10-11H2,1-2H3. The first-order valence-corrected chi connectivity index (χ1v) is 8.45. The van der Waals surface area contributed by atoms with Crippen LogP contribution in [0.15, 0.2) is 29.2 Å². The molecule has 1 fully saturated rings. The number of para-hydroxylation sites is 1. The predicted octanol–water partition coefficient (Wildman–Crippen LogP) is 1.99. The normalized spacial score (nSPS) is 20.6. The molecule has 1 heterocycles. The Bertz CT molecular complexity index is 528. The van der Waals surface area contributed by atoms with E-state index >= 15 is 0 Å². The lowest BCUT2D eigenvalue weighted by molar-refractivity contribution is 0.322. The van der Waals surface area contributed by atoms with E-state index in [1.54, 1.807) is 19.1 Å². The molecular weight excluding hydrogens is 260 g/mol. The minimum absolute atomic E-state index is 0.134.